The summed E-state index contributed by atoms with van der Waals surface area (Å²) in [5, 5.41) is 12.1. The zero-order chi connectivity index (χ0) is 28.3. The maximum atomic E-state index is 11.4. The number of carbonyl (C=O) groups is 2. The van der Waals surface area contributed by atoms with Crippen molar-refractivity contribution in [3.8, 4) is 11.8 Å². The summed E-state index contributed by atoms with van der Waals surface area (Å²) in [6, 6.07) is 15.0. The Labute approximate surface area is 225 Å². The first-order valence-corrected chi connectivity index (χ1v) is 13.4. The van der Waals surface area contributed by atoms with Gasteiger partial charge in [0.15, 0.2) is 0 Å². The van der Waals surface area contributed by atoms with Crippen LogP contribution in [-0.4, -0.2) is 54.8 Å². The lowest BCUT2D eigenvalue weighted by Crippen LogP contribution is -2.16. The van der Waals surface area contributed by atoms with Crippen LogP contribution in [0.25, 0.3) is 0 Å². The fraction of sp³-hybridized carbons (Fsp3) is 0.280. The van der Waals surface area contributed by atoms with Gasteiger partial charge in [0, 0.05) is 18.2 Å². The standard InChI is InChI=1S/C14H12ClNO3.C11H16N2O5S/c1-18-14(17)11-7-12(15)16-13(8-11)19-9-10-5-3-2-4-6-10;1-4-7(2)12-9-5-8(11(14)15)6-10(13-9)18-19(3,16)17/h2-8H,9H2,1H3;5-7H,4H2,1-3H3,(H,12,13)(H,14,15). The molecule has 3 rings (SSSR count). The summed E-state index contributed by atoms with van der Waals surface area (Å²) in [6.07, 6.45) is 1.67. The molecule has 0 aliphatic carbocycles. The van der Waals surface area contributed by atoms with Crippen LogP contribution < -0.4 is 14.2 Å². The molecule has 0 radical (unpaired) electrons. The van der Waals surface area contributed by atoms with Crippen LogP contribution >= 0.6 is 11.6 Å². The largest absolute Gasteiger partial charge is 0.478 e. The van der Waals surface area contributed by atoms with E-state index < -0.39 is 22.1 Å². The fourth-order valence-corrected chi connectivity index (χ4v) is 3.37. The van der Waals surface area contributed by atoms with Crippen molar-refractivity contribution < 1.29 is 36.8 Å². The van der Waals surface area contributed by atoms with E-state index in [0.717, 1.165) is 24.3 Å². The van der Waals surface area contributed by atoms with Crippen molar-refractivity contribution in [2.24, 2.45) is 0 Å². The minimum Gasteiger partial charge on any atom is -0.478 e. The summed E-state index contributed by atoms with van der Waals surface area (Å²) in [7, 11) is -2.45. The Bertz CT molecular complexity index is 1350. The quantitative estimate of drug-likeness (QED) is 0.204. The summed E-state index contributed by atoms with van der Waals surface area (Å²) >= 11 is 5.83. The Morgan fingerprint density at radius 3 is 2.29 bits per heavy atom. The fourth-order valence-electron chi connectivity index (χ4n) is 2.77. The molecule has 0 bridgehead atoms. The highest BCUT2D eigenvalue weighted by Crippen LogP contribution is 2.19. The van der Waals surface area contributed by atoms with Gasteiger partial charge >= 0.3 is 22.1 Å². The molecule has 0 aliphatic heterocycles. The van der Waals surface area contributed by atoms with Gasteiger partial charge in [-0.25, -0.2) is 14.6 Å². The third kappa shape index (κ3) is 10.6. The third-order valence-corrected chi connectivity index (χ3v) is 5.38. The van der Waals surface area contributed by atoms with E-state index in [1.165, 1.54) is 25.3 Å². The molecular weight excluding hydrogens is 538 g/mol. The number of anilines is 1. The van der Waals surface area contributed by atoms with Gasteiger partial charge < -0.3 is 24.1 Å². The molecule has 3 aromatic rings. The molecule has 38 heavy (non-hydrogen) atoms. The summed E-state index contributed by atoms with van der Waals surface area (Å²) in [5.74, 6) is -1.39. The average Bonchev–Trinajstić information content (AvgIpc) is 2.86. The van der Waals surface area contributed by atoms with E-state index in [0.29, 0.717) is 12.2 Å². The molecule has 11 nitrogen and oxygen atoms in total. The highest BCUT2D eigenvalue weighted by atomic mass is 35.5. The number of nitrogens with one attached hydrogen (secondary N) is 1. The number of carbonyl (C=O) groups excluding carboxylic acids is 1. The smallest absolute Gasteiger partial charge is 0.338 e. The molecule has 0 saturated carbocycles. The van der Waals surface area contributed by atoms with E-state index in [-0.39, 0.29) is 34.3 Å². The van der Waals surface area contributed by atoms with Crippen LogP contribution in [0.1, 0.15) is 46.5 Å². The molecule has 0 fully saturated rings. The molecule has 2 aromatic heterocycles. The molecule has 1 atom stereocenters. The first-order valence-electron chi connectivity index (χ1n) is 11.2. The minimum absolute atomic E-state index is 0.0719. The summed E-state index contributed by atoms with van der Waals surface area (Å²) in [4.78, 5) is 30.3. The summed E-state index contributed by atoms with van der Waals surface area (Å²) < 4.78 is 36.8. The molecule has 0 aliphatic rings. The monoisotopic (exact) mass is 565 g/mol. The maximum absolute atomic E-state index is 11.4. The Balaban J connectivity index is 0.000000267. The molecular formula is C25H28ClN3O8S. The van der Waals surface area contributed by atoms with Gasteiger partial charge in [-0.1, -0.05) is 48.9 Å². The van der Waals surface area contributed by atoms with E-state index >= 15 is 0 Å². The topological polar surface area (TPSA) is 154 Å². The summed E-state index contributed by atoms with van der Waals surface area (Å²) in [6.45, 7) is 4.20. The molecule has 13 heteroatoms. The van der Waals surface area contributed by atoms with Crippen molar-refractivity contribution in [2.45, 2.75) is 32.9 Å². The first-order chi connectivity index (χ1) is 17.9. The maximum Gasteiger partial charge on any atom is 0.338 e. The van der Waals surface area contributed by atoms with Crippen LogP contribution in [0.2, 0.25) is 5.15 Å². The Kier molecular flexibility index (Phi) is 11.3. The number of aromatic nitrogens is 2. The SMILES string of the molecule is CCC(C)Nc1cc(C(=O)O)cc(OS(C)(=O)=O)n1.COC(=O)c1cc(Cl)nc(OCc2ccccc2)c1. The van der Waals surface area contributed by atoms with Crippen molar-refractivity contribution in [1.82, 2.24) is 9.97 Å². The molecule has 2 heterocycles. The molecule has 204 valence electrons. The van der Waals surface area contributed by atoms with Crippen LogP contribution in [0.15, 0.2) is 54.6 Å². The second-order valence-corrected chi connectivity index (χ2v) is 9.87. The normalized spacial score (nSPS) is 11.4. The lowest BCUT2D eigenvalue weighted by Gasteiger charge is -2.13. The van der Waals surface area contributed by atoms with Crippen LogP contribution in [0.3, 0.4) is 0 Å². The van der Waals surface area contributed by atoms with Crippen LogP contribution in [0.5, 0.6) is 11.8 Å². The highest BCUT2D eigenvalue weighted by Gasteiger charge is 2.14. The van der Waals surface area contributed by atoms with Crippen LogP contribution in [0, 0.1) is 0 Å². The van der Waals surface area contributed by atoms with Crippen molar-refractivity contribution in [1.29, 1.82) is 0 Å². The number of halogens is 1. The van der Waals surface area contributed by atoms with E-state index in [2.05, 4.69) is 24.2 Å². The number of hydrogen-bond acceptors (Lipinski definition) is 10. The first kappa shape index (κ1) is 30.3. The van der Waals surface area contributed by atoms with E-state index in [1.54, 1.807) is 0 Å². The summed E-state index contributed by atoms with van der Waals surface area (Å²) in [5.41, 5.74) is 1.22. The second kappa shape index (κ2) is 14.1. The van der Waals surface area contributed by atoms with E-state index in [4.69, 9.17) is 21.4 Å². The van der Waals surface area contributed by atoms with Crippen LogP contribution in [0.4, 0.5) is 5.82 Å². The zero-order valence-corrected chi connectivity index (χ0v) is 22.7. The Morgan fingerprint density at radius 2 is 1.71 bits per heavy atom. The number of nitrogens with zero attached hydrogens (tertiary/aromatic N) is 2. The Hall–Kier alpha value is -3.90. The van der Waals surface area contributed by atoms with E-state index in [1.807, 2.05) is 44.2 Å². The molecule has 0 spiro atoms. The van der Waals surface area contributed by atoms with Gasteiger partial charge in [-0.05, 0) is 31.0 Å². The number of aromatic carboxylic acids is 1. The molecule has 1 unspecified atom stereocenters. The molecule has 2 N–H and O–H groups in total. The number of pyridine rings is 2. The average molecular weight is 566 g/mol. The third-order valence-electron chi connectivity index (χ3n) is 4.71. The van der Waals surface area contributed by atoms with Gasteiger partial charge in [-0.3, -0.25) is 0 Å². The van der Waals surface area contributed by atoms with Crippen molar-refractivity contribution in [3.63, 3.8) is 0 Å². The predicted molar refractivity (Wildman–Crippen MR) is 141 cm³/mol. The number of hydrogen-bond donors (Lipinski definition) is 2. The molecule has 1 aromatic carbocycles. The Morgan fingerprint density at radius 1 is 1.05 bits per heavy atom. The second-order valence-electron chi connectivity index (χ2n) is 7.91. The number of carboxylic acids is 1. The van der Waals surface area contributed by atoms with Crippen molar-refractivity contribution in [3.05, 3.63) is 76.4 Å². The van der Waals surface area contributed by atoms with E-state index in [9.17, 15) is 18.0 Å². The molecule has 0 amide bonds. The van der Waals surface area contributed by atoms with Gasteiger partial charge in [-0.15, -0.1) is 0 Å². The minimum atomic E-state index is -3.75. The number of rotatable bonds is 10. The van der Waals surface area contributed by atoms with Gasteiger partial charge in [0.05, 0.1) is 24.5 Å². The van der Waals surface area contributed by atoms with Gasteiger partial charge in [0.25, 0.3) is 0 Å². The lowest BCUT2D eigenvalue weighted by molar-refractivity contribution is 0.0599. The highest BCUT2D eigenvalue weighted by molar-refractivity contribution is 7.86. The van der Waals surface area contributed by atoms with Crippen molar-refractivity contribution in [2.75, 3.05) is 18.7 Å². The van der Waals surface area contributed by atoms with Crippen LogP contribution in [-0.2, 0) is 21.5 Å². The molecule has 0 saturated heterocycles. The zero-order valence-electron chi connectivity index (χ0n) is 21.2. The number of esters is 1. The number of methoxy groups -OCH3 is 1. The number of carboxylic acid groups (broad SMARTS) is 1. The van der Waals surface area contributed by atoms with Crippen molar-refractivity contribution >= 4 is 39.5 Å². The predicted octanol–water partition coefficient (Wildman–Crippen LogP) is 4.43. The van der Waals surface area contributed by atoms with Gasteiger partial charge in [-0.2, -0.15) is 13.4 Å². The number of benzene rings is 1. The number of ether oxygens (including phenoxy) is 2. The van der Waals surface area contributed by atoms with Gasteiger partial charge in [0.2, 0.25) is 11.8 Å². The van der Waals surface area contributed by atoms with Gasteiger partial charge in [0.1, 0.15) is 17.6 Å². The lowest BCUT2D eigenvalue weighted by atomic mass is 10.2.